The van der Waals surface area contributed by atoms with E-state index in [-0.39, 0.29) is 18.0 Å². The lowest BCUT2D eigenvalue weighted by Gasteiger charge is -2.25. The van der Waals surface area contributed by atoms with Gasteiger partial charge in [-0.05, 0) is 27.7 Å². The van der Waals surface area contributed by atoms with E-state index in [0.29, 0.717) is 29.5 Å². The van der Waals surface area contributed by atoms with Crippen molar-refractivity contribution in [2.75, 3.05) is 11.9 Å². The standard InChI is InChI=1S/C16H21N5O2S2/c1-8(2)17-15(23)20-16-19-11-5-6-21(7-12(11)25-16)14(22)13-9(3)18-10(4)24-13/h8H,5-7H2,1-4H3,(H2,17,19,20,23). The van der Waals surface area contributed by atoms with Gasteiger partial charge in [-0.1, -0.05) is 11.3 Å². The summed E-state index contributed by atoms with van der Waals surface area (Å²) in [4.78, 5) is 36.9. The molecule has 3 heterocycles. The predicted molar refractivity (Wildman–Crippen MR) is 99.4 cm³/mol. The first kappa shape index (κ1) is 17.8. The van der Waals surface area contributed by atoms with Gasteiger partial charge in [0.25, 0.3) is 5.91 Å². The van der Waals surface area contributed by atoms with Gasteiger partial charge >= 0.3 is 6.03 Å². The first-order chi connectivity index (χ1) is 11.8. The summed E-state index contributed by atoms with van der Waals surface area (Å²) in [5.74, 6) is 0.0224. The largest absolute Gasteiger partial charge is 0.336 e. The Morgan fingerprint density at radius 3 is 2.60 bits per heavy atom. The minimum Gasteiger partial charge on any atom is -0.336 e. The van der Waals surface area contributed by atoms with E-state index in [1.165, 1.54) is 22.7 Å². The molecular weight excluding hydrogens is 358 g/mol. The maximum absolute atomic E-state index is 12.8. The lowest BCUT2D eigenvalue weighted by Crippen LogP contribution is -2.35. The number of nitrogens with one attached hydrogen (secondary N) is 2. The van der Waals surface area contributed by atoms with Gasteiger partial charge in [0.15, 0.2) is 5.13 Å². The summed E-state index contributed by atoms with van der Waals surface area (Å²) in [6, 6.07) is -0.196. The number of rotatable bonds is 3. The van der Waals surface area contributed by atoms with Gasteiger partial charge in [0, 0.05) is 23.9 Å². The molecule has 1 aliphatic heterocycles. The zero-order valence-electron chi connectivity index (χ0n) is 14.7. The summed E-state index contributed by atoms with van der Waals surface area (Å²) in [6.45, 7) is 8.73. The van der Waals surface area contributed by atoms with Gasteiger partial charge in [0.2, 0.25) is 0 Å². The minimum atomic E-state index is -0.259. The molecule has 25 heavy (non-hydrogen) atoms. The molecule has 2 aromatic rings. The highest BCUT2D eigenvalue weighted by Gasteiger charge is 2.27. The summed E-state index contributed by atoms with van der Waals surface area (Å²) in [7, 11) is 0. The average Bonchev–Trinajstić information content (AvgIpc) is 3.06. The molecule has 0 aromatic carbocycles. The Morgan fingerprint density at radius 1 is 1.20 bits per heavy atom. The number of anilines is 1. The van der Waals surface area contributed by atoms with Crippen molar-refractivity contribution in [2.45, 2.75) is 46.7 Å². The van der Waals surface area contributed by atoms with Crippen LogP contribution in [0.1, 0.15) is 44.8 Å². The molecule has 0 spiro atoms. The maximum Gasteiger partial charge on any atom is 0.321 e. The summed E-state index contributed by atoms with van der Waals surface area (Å²) in [6.07, 6.45) is 0.696. The maximum atomic E-state index is 12.8. The van der Waals surface area contributed by atoms with Gasteiger partial charge in [-0.25, -0.2) is 14.8 Å². The van der Waals surface area contributed by atoms with Crippen molar-refractivity contribution in [2.24, 2.45) is 0 Å². The molecule has 0 aliphatic carbocycles. The molecule has 7 nitrogen and oxygen atoms in total. The molecule has 3 amide bonds. The van der Waals surface area contributed by atoms with Gasteiger partial charge in [-0.3, -0.25) is 10.1 Å². The van der Waals surface area contributed by atoms with Crippen LogP contribution in [0.15, 0.2) is 0 Å². The lowest BCUT2D eigenvalue weighted by atomic mass is 10.1. The van der Waals surface area contributed by atoms with Gasteiger partial charge < -0.3 is 10.2 Å². The zero-order valence-corrected chi connectivity index (χ0v) is 16.3. The van der Waals surface area contributed by atoms with Crippen LogP contribution in [0.5, 0.6) is 0 Å². The minimum absolute atomic E-state index is 0.0224. The molecule has 0 atom stereocenters. The van der Waals surface area contributed by atoms with Gasteiger partial charge in [0.05, 0.1) is 22.9 Å². The number of hydrogen-bond acceptors (Lipinski definition) is 6. The Hall–Kier alpha value is -2.00. The molecule has 0 saturated carbocycles. The molecule has 0 fully saturated rings. The second-order valence-corrected chi connectivity index (χ2v) is 8.55. The van der Waals surface area contributed by atoms with Crippen LogP contribution in [0.2, 0.25) is 0 Å². The Morgan fingerprint density at radius 2 is 1.96 bits per heavy atom. The normalized spacial score (nSPS) is 13.7. The Balaban J connectivity index is 1.70. The summed E-state index contributed by atoms with van der Waals surface area (Å²) in [5, 5.41) is 7.01. The van der Waals surface area contributed by atoms with Crippen molar-refractivity contribution >= 4 is 39.7 Å². The van der Waals surface area contributed by atoms with Crippen molar-refractivity contribution in [3.63, 3.8) is 0 Å². The lowest BCUT2D eigenvalue weighted by molar-refractivity contribution is 0.0740. The van der Waals surface area contributed by atoms with Crippen LogP contribution in [-0.4, -0.2) is 39.4 Å². The van der Waals surface area contributed by atoms with E-state index in [0.717, 1.165) is 21.3 Å². The summed E-state index contributed by atoms with van der Waals surface area (Å²) < 4.78 is 0. The van der Waals surface area contributed by atoms with Crippen LogP contribution in [0.4, 0.5) is 9.93 Å². The molecular formula is C16H21N5O2S2. The van der Waals surface area contributed by atoms with Crippen molar-refractivity contribution < 1.29 is 9.59 Å². The summed E-state index contributed by atoms with van der Waals surface area (Å²) >= 11 is 2.86. The molecule has 0 radical (unpaired) electrons. The van der Waals surface area contributed by atoms with E-state index in [1.54, 1.807) is 0 Å². The third kappa shape index (κ3) is 3.98. The smallest absolute Gasteiger partial charge is 0.321 e. The quantitative estimate of drug-likeness (QED) is 0.858. The van der Waals surface area contributed by atoms with Crippen molar-refractivity contribution in [3.05, 3.63) is 26.1 Å². The Labute approximate surface area is 154 Å². The molecule has 0 unspecified atom stereocenters. The van der Waals surface area contributed by atoms with Crippen molar-refractivity contribution in [3.8, 4) is 0 Å². The highest BCUT2D eigenvalue weighted by molar-refractivity contribution is 7.16. The number of carbonyl (C=O) groups is 2. The molecule has 0 saturated heterocycles. The molecule has 9 heteroatoms. The van der Waals surface area contributed by atoms with Gasteiger partial charge in [-0.15, -0.1) is 11.3 Å². The highest BCUT2D eigenvalue weighted by atomic mass is 32.1. The topological polar surface area (TPSA) is 87.2 Å². The van der Waals surface area contributed by atoms with Crippen LogP contribution >= 0.6 is 22.7 Å². The number of urea groups is 1. The number of aryl methyl sites for hydroxylation is 2. The number of amides is 3. The SMILES string of the molecule is Cc1nc(C)c(C(=O)N2CCc3nc(NC(=O)NC(C)C)sc3C2)s1. The van der Waals surface area contributed by atoms with E-state index in [1.807, 2.05) is 32.6 Å². The first-order valence-electron chi connectivity index (χ1n) is 8.13. The number of aromatic nitrogens is 2. The number of carbonyl (C=O) groups excluding carboxylic acids is 2. The predicted octanol–water partition coefficient (Wildman–Crippen LogP) is 2.94. The van der Waals surface area contributed by atoms with E-state index in [9.17, 15) is 9.59 Å². The average molecular weight is 380 g/mol. The fourth-order valence-electron chi connectivity index (χ4n) is 2.69. The fourth-order valence-corrected chi connectivity index (χ4v) is 4.60. The van der Waals surface area contributed by atoms with Crippen LogP contribution in [0.3, 0.4) is 0 Å². The second-order valence-electron chi connectivity index (χ2n) is 6.27. The third-order valence-corrected chi connectivity index (χ3v) is 5.82. The second kappa shape index (κ2) is 7.09. The van der Waals surface area contributed by atoms with Crippen LogP contribution in [-0.2, 0) is 13.0 Å². The van der Waals surface area contributed by atoms with E-state index in [4.69, 9.17) is 0 Å². The molecule has 2 aromatic heterocycles. The van der Waals surface area contributed by atoms with Crippen LogP contribution in [0.25, 0.3) is 0 Å². The number of thiazole rings is 2. The first-order valence-corrected chi connectivity index (χ1v) is 9.76. The number of fused-ring (bicyclic) bond motifs is 1. The third-order valence-electron chi connectivity index (χ3n) is 3.76. The highest BCUT2D eigenvalue weighted by Crippen LogP contribution is 2.30. The summed E-state index contributed by atoms with van der Waals surface area (Å²) in [5.41, 5.74) is 1.75. The van der Waals surface area contributed by atoms with Gasteiger partial charge in [0.1, 0.15) is 4.88 Å². The molecule has 1 aliphatic rings. The number of hydrogen-bond donors (Lipinski definition) is 2. The molecule has 2 N–H and O–H groups in total. The fraction of sp³-hybridized carbons (Fsp3) is 0.500. The molecule has 134 valence electrons. The molecule has 3 rings (SSSR count). The van der Waals surface area contributed by atoms with Gasteiger partial charge in [-0.2, -0.15) is 0 Å². The van der Waals surface area contributed by atoms with Crippen molar-refractivity contribution in [1.82, 2.24) is 20.2 Å². The van der Waals surface area contributed by atoms with E-state index < -0.39 is 0 Å². The molecule has 0 bridgehead atoms. The van der Waals surface area contributed by atoms with E-state index in [2.05, 4.69) is 20.6 Å². The number of nitrogens with zero attached hydrogens (tertiary/aromatic N) is 3. The Bertz CT molecular complexity index is 812. The van der Waals surface area contributed by atoms with E-state index >= 15 is 0 Å². The Kier molecular flexibility index (Phi) is 5.05. The van der Waals surface area contributed by atoms with Crippen LogP contribution < -0.4 is 10.6 Å². The van der Waals surface area contributed by atoms with Crippen molar-refractivity contribution in [1.29, 1.82) is 0 Å². The zero-order chi connectivity index (χ0) is 18.1. The monoisotopic (exact) mass is 379 g/mol. The van der Waals surface area contributed by atoms with Crippen LogP contribution in [0, 0.1) is 13.8 Å².